The van der Waals surface area contributed by atoms with Gasteiger partial charge >= 0.3 is 18.3 Å². The second-order valence-electron chi connectivity index (χ2n) is 8.05. The molecular formula is C22H24F6N6O7S. The van der Waals surface area contributed by atoms with Gasteiger partial charge in [-0.15, -0.1) is 0 Å². The van der Waals surface area contributed by atoms with Gasteiger partial charge in [0.05, 0.1) is 16.5 Å². The van der Waals surface area contributed by atoms with Crippen LogP contribution in [0, 0.1) is 0 Å². The maximum atomic E-state index is 12.9. The van der Waals surface area contributed by atoms with E-state index in [2.05, 4.69) is 10.3 Å². The number of benzene rings is 1. The van der Waals surface area contributed by atoms with Crippen molar-refractivity contribution in [3.05, 3.63) is 58.5 Å². The third-order valence-corrected chi connectivity index (χ3v) is 6.13. The molecule has 0 radical (unpaired) electrons. The molecular weight excluding hydrogens is 606 g/mol. The summed E-state index contributed by atoms with van der Waals surface area (Å²) in [6, 6.07) is 4.51. The molecule has 1 aromatic heterocycles. The summed E-state index contributed by atoms with van der Waals surface area (Å²) in [5.41, 5.74) is 7.81. The van der Waals surface area contributed by atoms with Crippen LogP contribution in [0.1, 0.15) is 18.4 Å². The molecule has 7 N–H and O–H groups in total. The second kappa shape index (κ2) is 14.8. The molecule has 0 aliphatic rings. The van der Waals surface area contributed by atoms with E-state index < -0.39 is 68.5 Å². The van der Waals surface area contributed by atoms with Gasteiger partial charge in [0.2, 0.25) is 5.91 Å². The molecule has 0 saturated heterocycles. The number of nitrogens with zero attached hydrogens (tertiary/aromatic N) is 2. The predicted octanol–water partition coefficient (Wildman–Crippen LogP) is 1.04. The number of carbonyl (C=O) groups excluding carboxylic acids is 2. The second-order valence-corrected chi connectivity index (χ2v) is 9.73. The number of halogens is 6. The van der Waals surface area contributed by atoms with Gasteiger partial charge in [-0.2, -0.15) is 26.3 Å². The van der Waals surface area contributed by atoms with Gasteiger partial charge in [0.25, 0.3) is 15.6 Å². The number of amides is 1. The van der Waals surface area contributed by atoms with Crippen molar-refractivity contribution in [2.75, 3.05) is 11.3 Å². The zero-order chi connectivity index (χ0) is 32.3. The highest BCUT2D eigenvalue weighted by atomic mass is 32.2. The van der Waals surface area contributed by atoms with E-state index >= 15 is 0 Å². The van der Waals surface area contributed by atoms with Crippen molar-refractivity contribution in [1.82, 2.24) is 9.88 Å². The number of nitrogens with two attached hydrogens (primary N) is 2. The minimum absolute atomic E-state index is 0.111. The average molecular weight is 631 g/mol. The summed E-state index contributed by atoms with van der Waals surface area (Å²) in [6.07, 6.45) is -7.50. The predicted molar refractivity (Wildman–Crippen MR) is 135 cm³/mol. The van der Waals surface area contributed by atoms with E-state index in [-0.39, 0.29) is 18.9 Å². The van der Waals surface area contributed by atoms with Gasteiger partial charge in [0.15, 0.2) is 5.96 Å². The summed E-state index contributed by atoms with van der Waals surface area (Å²) in [5.74, 6) is -3.57. The minimum atomic E-state index is -5.08. The van der Waals surface area contributed by atoms with E-state index in [9.17, 15) is 49.1 Å². The van der Waals surface area contributed by atoms with Gasteiger partial charge in [0.1, 0.15) is 18.5 Å². The Kier molecular flexibility index (Phi) is 12.5. The van der Waals surface area contributed by atoms with Crippen molar-refractivity contribution in [2.24, 2.45) is 16.5 Å². The number of aromatic nitrogens is 1. The molecule has 232 valence electrons. The number of anilines is 1. The summed E-state index contributed by atoms with van der Waals surface area (Å²) >= 11 is 0. The molecule has 1 amide bonds. The Morgan fingerprint density at radius 1 is 1.10 bits per heavy atom. The van der Waals surface area contributed by atoms with Gasteiger partial charge in [-0.1, -0.05) is 6.07 Å². The molecule has 0 unspecified atom stereocenters. The number of pyridine rings is 1. The molecule has 20 heteroatoms. The summed E-state index contributed by atoms with van der Waals surface area (Å²) in [4.78, 5) is 48.1. The first-order valence-electron chi connectivity index (χ1n) is 11.3. The van der Waals surface area contributed by atoms with Crippen LogP contribution in [-0.2, 0) is 37.1 Å². The minimum Gasteiger partial charge on any atom is -0.475 e. The zero-order valence-electron chi connectivity index (χ0n) is 21.1. The van der Waals surface area contributed by atoms with Crippen LogP contribution in [0.4, 0.5) is 32.0 Å². The van der Waals surface area contributed by atoms with Gasteiger partial charge in [-0.25, -0.2) is 13.2 Å². The lowest BCUT2D eigenvalue weighted by Gasteiger charge is -2.14. The number of aliphatic carboxylic acids is 1. The highest BCUT2D eigenvalue weighted by Gasteiger charge is 2.38. The Balaban J connectivity index is 0.00000112. The molecule has 42 heavy (non-hydrogen) atoms. The molecule has 1 aromatic carbocycles. The number of alkyl halides is 6. The standard InChI is InChI=1S/C20H23F3N6O5S.C2HF3O2/c21-20(22,23)13-4-1-6-15(10-13)35(33,34)28-16-7-3-9-29(18(16)32)11-17(31)27-14(12-30)5-2-8-26-19(24)25;3-2(4,5)1(6)7/h1,3-4,6-7,9-10,12,14,28H,2,5,8,11H2,(H,27,31)(H4,24,25,26);(H,6,7)/t14-;/m0./s1. The van der Waals surface area contributed by atoms with Crippen molar-refractivity contribution < 1.29 is 54.3 Å². The van der Waals surface area contributed by atoms with E-state index in [1.807, 2.05) is 4.72 Å². The van der Waals surface area contributed by atoms with E-state index in [4.69, 9.17) is 21.4 Å². The van der Waals surface area contributed by atoms with Crippen LogP contribution < -0.4 is 27.1 Å². The molecule has 2 aromatic rings. The topological polar surface area (TPSA) is 216 Å². The van der Waals surface area contributed by atoms with Crippen molar-refractivity contribution in [2.45, 2.75) is 42.7 Å². The Hall–Kier alpha value is -4.62. The molecule has 0 aliphatic carbocycles. The number of hydrogen-bond acceptors (Lipinski definition) is 7. The first-order valence-corrected chi connectivity index (χ1v) is 12.8. The Bertz CT molecular complexity index is 1450. The summed E-state index contributed by atoms with van der Waals surface area (Å²) < 4.78 is 98.4. The lowest BCUT2D eigenvalue weighted by Crippen LogP contribution is -2.40. The van der Waals surface area contributed by atoms with E-state index in [1.54, 1.807) is 0 Å². The lowest BCUT2D eigenvalue weighted by atomic mass is 10.2. The van der Waals surface area contributed by atoms with Crippen LogP contribution >= 0.6 is 0 Å². The number of nitrogens with one attached hydrogen (secondary N) is 2. The average Bonchev–Trinajstić information content (AvgIpc) is 2.87. The molecule has 0 aliphatic heterocycles. The SMILES string of the molecule is NC(N)=NCCC[C@@H](C=O)NC(=O)Cn1cccc(NS(=O)(=O)c2cccc(C(F)(F)F)c2)c1=O.O=C(O)C(F)(F)F. The van der Waals surface area contributed by atoms with Crippen LogP contribution in [0.5, 0.6) is 0 Å². The third kappa shape index (κ3) is 11.9. The summed E-state index contributed by atoms with van der Waals surface area (Å²) in [5, 5.41) is 9.55. The first-order chi connectivity index (χ1) is 19.3. The number of sulfonamides is 1. The van der Waals surface area contributed by atoms with E-state index in [0.29, 0.717) is 24.8 Å². The van der Waals surface area contributed by atoms with Crippen molar-refractivity contribution in [3.63, 3.8) is 0 Å². The maximum absolute atomic E-state index is 12.9. The molecule has 0 bridgehead atoms. The van der Waals surface area contributed by atoms with Gasteiger partial charge in [-0.05, 0) is 43.2 Å². The Morgan fingerprint density at radius 3 is 2.24 bits per heavy atom. The highest BCUT2D eigenvalue weighted by Crippen LogP contribution is 2.30. The zero-order valence-corrected chi connectivity index (χ0v) is 22.0. The maximum Gasteiger partial charge on any atom is 0.490 e. The van der Waals surface area contributed by atoms with Crippen LogP contribution in [0.3, 0.4) is 0 Å². The molecule has 1 heterocycles. The van der Waals surface area contributed by atoms with Crippen molar-refractivity contribution in [3.8, 4) is 0 Å². The number of aldehydes is 1. The normalized spacial score (nSPS) is 12.2. The third-order valence-electron chi connectivity index (χ3n) is 4.77. The smallest absolute Gasteiger partial charge is 0.475 e. The number of carboxylic acids is 1. The fraction of sp³-hybridized carbons (Fsp3) is 0.318. The molecule has 0 spiro atoms. The summed E-state index contributed by atoms with van der Waals surface area (Å²) in [6.45, 7) is -0.299. The largest absolute Gasteiger partial charge is 0.490 e. The van der Waals surface area contributed by atoms with E-state index in [1.165, 1.54) is 12.3 Å². The molecule has 0 fully saturated rings. The number of carbonyl (C=O) groups is 3. The molecule has 0 saturated carbocycles. The van der Waals surface area contributed by atoms with Crippen LogP contribution in [0.2, 0.25) is 0 Å². The number of hydrogen-bond donors (Lipinski definition) is 5. The van der Waals surface area contributed by atoms with Gasteiger partial charge < -0.3 is 31.3 Å². The number of aliphatic imine (C=N–C) groups is 1. The van der Waals surface area contributed by atoms with Gasteiger partial charge in [0, 0.05) is 12.7 Å². The van der Waals surface area contributed by atoms with Crippen LogP contribution in [0.15, 0.2) is 57.3 Å². The molecule has 1 atom stereocenters. The van der Waals surface area contributed by atoms with Crippen molar-refractivity contribution in [1.29, 1.82) is 0 Å². The fourth-order valence-electron chi connectivity index (χ4n) is 2.88. The number of carboxylic acid groups (broad SMARTS) is 1. The van der Waals surface area contributed by atoms with Crippen LogP contribution in [-0.4, -0.2) is 61.0 Å². The quantitative estimate of drug-likeness (QED) is 0.0787. The Morgan fingerprint density at radius 2 is 1.71 bits per heavy atom. The fourth-order valence-corrected chi connectivity index (χ4v) is 3.99. The Labute approximate surface area is 233 Å². The van der Waals surface area contributed by atoms with E-state index in [0.717, 1.165) is 22.8 Å². The number of guanidine groups is 1. The highest BCUT2D eigenvalue weighted by molar-refractivity contribution is 7.92. The van der Waals surface area contributed by atoms with Crippen molar-refractivity contribution >= 4 is 39.8 Å². The monoisotopic (exact) mass is 630 g/mol. The van der Waals surface area contributed by atoms with Gasteiger partial charge in [-0.3, -0.25) is 19.3 Å². The number of rotatable bonds is 11. The first kappa shape index (κ1) is 35.4. The van der Waals surface area contributed by atoms with Crippen LogP contribution in [0.25, 0.3) is 0 Å². The summed E-state index contributed by atoms with van der Waals surface area (Å²) in [7, 11) is -4.54. The molecule has 13 nitrogen and oxygen atoms in total. The lowest BCUT2D eigenvalue weighted by molar-refractivity contribution is -0.192. The molecule has 2 rings (SSSR count).